The minimum absolute atomic E-state index is 0.191. The molecule has 1 heterocycles. The third kappa shape index (κ3) is 2.28. The normalized spacial score (nSPS) is 10.5. The average Bonchev–Trinajstić information content (AvgIpc) is 2.78. The summed E-state index contributed by atoms with van der Waals surface area (Å²) in [5, 5.41) is 14.5. The van der Waals surface area contributed by atoms with Gasteiger partial charge in [-0.1, -0.05) is 16.3 Å². The first-order valence-corrected chi connectivity index (χ1v) is 4.81. The van der Waals surface area contributed by atoms with E-state index in [1.807, 2.05) is 0 Å². The summed E-state index contributed by atoms with van der Waals surface area (Å²) in [6, 6.07) is 4.06. The lowest BCUT2D eigenvalue weighted by Gasteiger charge is -2.03. The number of azide groups is 1. The van der Waals surface area contributed by atoms with Gasteiger partial charge in [0.1, 0.15) is 17.8 Å². The molecule has 2 aromatic rings. The van der Waals surface area contributed by atoms with Crippen LogP contribution >= 0.6 is 0 Å². The summed E-state index contributed by atoms with van der Waals surface area (Å²) in [5.41, 5.74) is 9.06. The van der Waals surface area contributed by atoms with Crippen molar-refractivity contribution in [2.24, 2.45) is 10.3 Å². The molecule has 0 aliphatic heterocycles. The van der Waals surface area contributed by atoms with Crippen molar-refractivity contribution >= 4 is 11.9 Å². The predicted octanol–water partition coefficient (Wildman–Crippen LogP) is 2.76. The molecule has 0 fully saturated rings. The highest BCUT2D eigenvalue weighted by Crippen LogP contribution is 2.20. The third-order valence-corrected chi connectivity index (χ3v) is 2.16. The predicted molar refractivity (Wildman–Crippen MR) is 61.7 cm³/mol. The van der Waals surface area contributed by atoms with Gasteiger partial charge in [0.15, 0.2) is 0 Å². The van der Waals surface area contributed by atoms with Crippen molar-refractivity contribution in [3.63, 3.8) is 0 Å². The first kappa shape index (κ1) is 11.6. The van der Waals surface area contributed by atoms with E-state index in [2.05, 4.69) is 20.2 Å². The van der Waals surface area contributed by atoms with Crippen LogP contribution in [0.4, 0.5) is 10.1 Å². The minimum Gasteiger partial charge on any atom is -0.411 e. The Morgan fingerprint density at radius 3 is 3.00 bits per heavy atom. The zero-order valence-electron chi connectivity index (χ0n) is 8.97. The first-order valence-electron chi connectivity index (χ1n) is 4.81. The number of oxime groups is 1. The summed E-state index contributed by atoms with van der Waals surface area (Å²) in [6.07, 6.45) is 4.00. The highest BCUT2D eigenvalue weighted by molar-refractivity contribution is 5.76. The highest BCUT2D eigenvalue weighted by atomic mass is 19.1. The van der Waals surface area contributed by atoms with Crippen molar-refractivity contribution in [1.82, 2.24) is 9.55 Å². The molecule has 0 bridgehead atoms. The van der Waals surface area contributed by atoms with Gasteiger partial charge in [-0.05, 0) is 17.7 Å². The Morgan fingerprint density at radius 2 is 2.33 bits per heavy atom. The van der Waals surface area contributed by atoms with Gasteiger partial charge in [-0.25, -0.2) is 9.37 Å². The molecule has 90 valence electrons. The van der Waals surface area contributed by atoms with E-state index in [1.165, 1.54) is 29.2 Å². The number of aromatic nitrogens is 2. The van der Waals surface area contributed by atoms with Crippen LogP contribution in [0.1, 0.15) is 5.69 Å². The molecule has 0 spiro atoms. The summed E-state index contributed by atoms with van der Waals surface area (Å²) < 4.78 is 15.2. The molecular weight excluding hydrogens is 239 g/mol. The Labute approximate surface area is 100 Å². The molecular formula is C10H7FN6O. The smallest absolute Gasteiger partial charge is 0.147 e. The largest absolute Gasteiger partial charge is 0.411 e. The van der Waals surface area contributed by atoms with Crippen molar-refractivity contribution in [2.45, 2.75) is 0 Å². The fourth-order valence-electron chi connectivity index (χ4n) is 1.41. The van der Waals surface area contributed by atoms with Crippen LogP contribution in [0.5, 0.6) is 0 Å². The van der Waals surface area contributed by atoms with Crippen molar-refractivity contribution in [3.8, 4) is 5.69 Å². The molecule has 0 saturated carbocycles. The maximum absolute atomic E-state index is 13.7. The van der Waals surface area contributed by atoms with E-state index in [9.17, 15) is 4.39 Å². The quantitative estimate of drug-likeness (QED) is 0.225. The summed E-state index contributed by atoms with van der Waals surface area (Å²) in [7, 11) is 0. The van der Waals surface area contributed by atoms with E-state index in [0.29, 0.717) is 5.69 Å². The van der Waals surface area contributed by atoms with Gasteiger partial charge in [0.25, 0.3) is 0 Å². The summed E-state index contributed by atoms with van der Waals surface area (Å²) in [4.78, 5) is 6.46. The van der Waals surface area contributed by atoms with Gasteiger partial charge < -0.3 is 9.77 Å². The monoisotopic (exact) mass is 246 g/mol. The Morgan fingerprint density at radius 1 is 1.50 bits per heavy atom. The van der Waals surface area contributed by atoms with Gasteiger partial charge in [-0.2, -0.15) is 0 Å². The zero-order valence-corrected chi connectivity index (χ0v) is 8.97. The second-order valence-electron chi connectivity index (χ2n) is 3.28. The number of hydrogen-bond acceptors (Lipinski definition) is 4. The van der Waals surface area contributed by atoms with Crippen LogP contribution in [0.2, 0.25) is 0 Å². The van der Waals surface area contributed by atoms with Crippen molar-refractivity contribution in [3.05, 3.63) is 52.7 Å². The molecule has 7 nitrogen and oxygen atoms in total. The first-order chi connectivity index (χ1) is 8.74. The molecule has 0 radical (unpaired) electrons. The number of imidazole rings is 1. The lowest BCUT2D eigenvalue weighted by Crippen LogP contribution is -1.93. The molecule has 0 unspecified atom stereocenters. The van der Waals surface area contributed by atoms with Crippen LogP contribution in [-0.2, 0) is 0 Å². The van der Waals surface area contributed by atoms with Gasteiger partial charge in [0, 0.05) is 16.8 Å². The molecule has 2 rings (SSSR count). The number of nitrogens with zero attached hydrogens (tertiary/aromatic N) is 6. The Kier molecular flexibility index (Phi) is 3.22. The van der Waals surface area contributed by atoms with Gasteiger partial charge >= 0.3 is 0 Å². The van der Waals surface area contributed by atoms with Crippen LogP contribution in [-0.4, -0.2) is 21.0 Å². The van der Waals surface area contributed by atoms with Crippen molar-refractivity contribution in [2.75, 3.05) is 0 Å². The molecule has 1 aromatic carbocycles. The fourth-order valence-corrected chi connectivity index (χ4v) is 1.41. The standard InChI is InChI=1S/C10H7FN6O/c11-9-3-7(15-16-12)1-2-10(9)17-5-8(4-14-18)13-6-17/h1-6,18H. The SMILES string of the molecule is [N-]=[N+]=Nc1ccc(-n2cnc(C=NO)c2)c(F)c1. The summed E-state index contributed by atoms with van der Waals surface area (Å²) in [5.74, 6) is -0.551. The maximum Gasteiger partial charge on any atom is 0.147 e. The van der Waals surface area contributed by atoms with Crippen molar-refractivity contribution < 1.29 is 9.60 Å². The maximum atomic E-state index is 13.7. The number of halogens is 1. The average molecular weight is 246 g/mol. The van der Waals surface area contributed by atoms with Crippen molar-refractivity contribution in [1.29, 1.82) is 0 Å². The molecule has 0 aliphatic rings. The summed E-state index contributed by atoms with van der Waals surface area (Å²) in [6.45, 7) is 0. The number of hydrogen-bond donors (Lipinski definition) is 1. The van der Waals surface area contributed by atoms with E-state index in [4.69, 9.17) is 10.7 Å². The van der Waals surface area contributed by atoms with Crippen LogP contribution in [0.3, 0.4) is 0 Å². The molecule has 8 heteroatoms. The highest BCUT2D eigenvalue weighted by Gasteiger charge is 2.06. The molecule has 1 N–H and O–H groups in total. The van der Waals surface area contributed by atoms with Crippen LogP contribution < -0.4 is 0 Å². The van der Waals surface area contributed by atoms with Gasteiger partial charge in [-0.15, -0.1) is 0 Å². The second kappa shape index (κ2) is 4.98. The van der Waals surface area contributed by atoms with E-state index in [-0.39, 0.29) is 11.4 Å². The Bertz CT molecular complexity index is 644. The van der Waals surface area contributed by atoms with Gasteiger partial charge in [0.05, 0.1) is 11.9 Å². The topological polar surface area (TPSA) is 99.2 Å². The van der Waals surface area contributed by atoms with E-state index < -0.39 is 5.82 Å². The number of benzene rings is 1. The number of rotatable bonds is 3. The Hall–Kier alpha value is -2.86. The van der Waals surface area contributed by atoms with Crippen LogP contribution in [0.15, 0.2) is 41.0 Å². The lowest BCUT2D eigenvalue weighted by molar-refractivity contribution is 0.321. The van der Waals surface area contributed by atoms with E-state index >= 15 is 0 Å². The lowest BCUT2D eigenvalue weighted by atomic mass is 10.2. The van der Waals surface area contributed by atoms with E-state index in [0.717, 1.165) is 12.3 Å². The molecule has 0 saturated heterocycles. The minimum atomic E-state index is -0.551. The summed E-state index contributed by atoms with van der Waals surface area (Å²) >= 11 is 0. The molecule has 18 heavy (non-hydrogen) atoms. The zero-order chi connectivity index (χ0) is 13.0. The second-order valence-corrected chi connectivity index (χ2v) is 3.28. The molecule has 0 atom stereocenters. The van der Waals surface area contributed by atoms with Crippen LogP contribution in [0, 0.1) is 5.82 Å². The molecule has 0 amide bonds. The van der Waals surface area contributed by atoms with Crippen LogP contribution in [0.25, 0.3) is 16.1 Å². The molecule has 0 aliphatic carbocycles. The molecule has 1 aromatic heterocycles. The fraction of sp³-hybridized carbons (Fsp3) is 0. The third-order valence-electron chi connectivity index (χ3n) is 2.16. The van der Waals surface area contributed by atoms with Gasteiger partial charge in [0.2, 0.25) is 0 Å². The van der Waals surface area contributed by atoms with E-state index in [1.54, 1.807) is 0 Å². The van der Waals surface area contributed by atoms with Gasteiger partial charge in [-0.3, -0.25) is 0 Å². The Balaban J connectivity index is 2.40.